The number of morpholine rings is 1. The number of nitrogens with zero attached hydrogens (tertiary/aromatic N) is 5. The summed E-state index contributed by atoms with van der Waals surface area (Å²) in [5.41, 5.74) is 0.591. The van der Waals surface area contributed by atoms with E-state index in [0.29, 0.717) is 62.6 Å². The highest BCUT2D eigenvalue weighted by Crippen LogP contribution is 2.25. The lowest BCUT2D eigenvalue weighted by molar-refractivity contribution is 0.0287. The molecule has 2 aromatic rings. The third-order valence-electron chi connectivity index (χ3n) is 5.57. The first-order valence-electron chi connectivity index (χ1n) is 11.6. The molecule has 34 heavy (non-hydrogen) atoms. The van der Waals surface area contributed by atoms with Crippen LogP contribution in [0.25, 0.3) is 0 Å². The Hall–Kier alpha value is -2.79. The quantitative estimate of drug-likeness (QED) is 0.683. The van der Waals surface area contributed by atoms with Crippen LogP contribution in [0, 0.1) is 12.8 Å². The fraction of sp³-hybridized carbons (Fsp3) is 0.609. The molecule has 0 aromatic carbocycles. The number of thiazole rings is 1. The Balaban J connectivity index is 1.50. The number of anilines is 2. The molecule has 2 aromatic heterocycles. The summed E-state index contributed by atoms with van der Waals surface area (Å²) >= 11 is 1.50. The van der Waals surface area contributed by atoms with Crippen LogP contribution >= 0.6 is 11.3 Å². The highest BCUT2D eigenvalue weighted by Gasteiger charge is 2.30. The molecule has 184 valence electrons. The average molecular weight is 489 g/mol. The molecule has 2 saturated heterocycles. The number of likely N-dealkylation sites (tertiary alicyclic amines) is 1. The van der Waals surface area contributed by atoms with Gasteiger partial charge in [0.1, 0.15) is 11.3 Å². The minimum Gasteiger partial charge on any atom is -0.444 e. The zero-order valence-electron chi connectivity index (χ0n) is 20.2. The van der Waals surface area contributed by atoms with Gasteiger partial charge in [-0.05, 0) is 52.5 Å². The molecular weight excluding hydrogens is 456 g/mol. The molecule has 10 nitrogen and oxygen atoms in total. The topological polar surface area (TPSA) is 110 Å². The molecule has 2 amide bonds. The maximum absolute atomic E-state index is 13.1. The van der Waals surface area contributed by atoms with Gasteiger partial charge in [0.15, 0.2) is 5.13 Å². The molecule has 2 aliphatic heterocycles. The summed E-state index contributed by atoms with van der Waals surface area (Å²) in [6.45, 7) is 10.9. The molecule has 1 atom stereocenters. The van der Waals surface area contributed by atoms with Crippen LogP contribution in [0.4, 0.5) is 15.9 Å². The van der Waals surface area contributed by atoms with E-state index in [1.807, 2.05) is 27.7 Å². The summed E-state index contributed by atoms with van der Waals surface area (Å²) in [4.78, 5) is 43.6. The van der Waals surface area contributed by atoms with E-state index in [4.69, 9.17) is 9.47 Å². The van der Waals surface area contributed by atoms with E-state index in [1.54, 1.807) is 22.1 Å². The summed E-state index contributed by atoms with van der Waals surface area (Å²) in [6, 6.07) is 1.77. The highest BCUT2D eigenvalue weighted by atomic mass is 32.1. The van der Waals surface area contributed by atoms with E-state index < -0.39 is 5.60 Å². The van der Waals surface area contributed by atoms with Gasteiger partial charge < -0.3 is 24.6 Å². The second-order valence-electron chi connectivity index (χ2n) is 9.66. The first kappa shape index (κ1) is 24.3. The van der Waals surface area contributed by atoms with E-state index in [1.165, 1.54) is 11.3 Å². The van der Waals surface area contributed by atoms with Crippen molar-refractivity contribution in [3.8, 4) is 0 Å². The monoisotopic (exact) mass is 488 g/mol. The van der Waals surface area contributed by atoms with Crippen molar-refractivity contribution in [2.75, 3.05) is 44.7 Å². The van der Waals surface area contributed by atoms with Crippen LogP contribution in [0.1, 0.15) is 48.3 Å². The number of hydrogen-bond acceptors (Lipinski definition) is 9. The molecule has 11 heteroatoms. The zero-order valence-corrected chi connectivity index (χ0v) is 21.0. The van der Waals surface area contributed by atoms with Gasteiger partial charge >= 0.3 is 6.09 Å². The minimum atomic E-state index is -0.522. The van der Waals surface area contributed by atoms with Crippen LogP contribution < -0.4 is 5.32 Å². The lowest BCUT2D eigenvalue weighted by Crippen LogP contribution is -2.41. The molecular formula is C23H32N6O4S. The highest BCUT2D eigenvalue weighted by molar-refractivity contribution is 7.15. The first-order chi connectivity index (χ1) is 16.2. The number of carbonyl (C=O) groups excluding carboxylic acids is 2. The molecule has 4 heterocycles. The van der Waals surface area contributed by atoms with Crippen molar-refractivity contribution in [1.29, 1.82) is 0 Å². The van der Waals surface area contributed by atoms with Crippen molar-refractivity contribution in [1.82, 2.24) is 24.8 Å². The SMILES string of the molecule is Cc1cnc(Nc2nc(CC3CCN(C(=O)OC(C)(C)C)C3)cc(C(=O)N3CCOCC3)n2)s1. The van der Waals surface area contributed by atoms with Gasteiger partial charge in [0.05, 0.1) is 13.2 Å². The zero-order chi connectivity index (χ0) is 24.3. The molecule has 0 aliphatic carbocycles. The summed E-state index contributed by atoms with van der Waals surface area (Å²) in [7, 11) is 0. The van der Waals surface area contributed by atoms with Crippen LogP contribution in [-0.2, 0) is 15.9 Å². The Morgan fingerprint density at radius 1 is 1.21 bits per heavy atom. The maximum atomic E-state index is 13.1. The molecule has 0 spiro atoms. The molecule has 1 unspecified atom stereocenters. The molecule has 0 bridgehead atoms. The van der Waals surface area contributed by atoms with E-state index >= 15 is 0 Å². The standard InChI is InChI=1S/C23H32N6O4S/c1-15-13-24-21(34-15)27-20-25-17(12-18(26-20)19(30)28-7-9-32-10-8-28)11-16-5-6-29(14-16)22(31)33-23(2,3)4/h12-13,16H,5-11,14H2,1-4H3,(H,24,25,26,27). The van der Waals surface area contributed by atoms with Crippen molar-refractivity contribution in [3.63, 3.8) is 0 Å². The molecule has 1 N–H and O–H groups in total. The van der Waals surface area contributed by atoms with Crippen LogP contribution in [0.2, 0.25) is 0 Å². The van der Waals surface area contributed by atoms with Crippen molar-refractivity contribution in [2.45, 2.75) is 46.1 Å². The summed E-state index contributed by atoms with van der Waals surface area (Å²) in [5, 5.41) is 3.82. The third kappa shape index (κ3) is 6.41. The van der Waals surface area contributed by atoms with E-state index in [-0.39, 0.29) is 17.9 Å². The Bertz CT molecular complexity index is 1030. The Kier molecular flexibility index (Phi) is 7.32. The summed E-state index contributed by atoms with van der Waals surface area (Å²) < 4.78 is 10.9. The molecule has 0 saturated carbocycles. The van der Waals surface area contributed by atoms with Gasteiger partial charge in [-0.3, -0.25) is 4.79 Å². The van der Waals surface area contributed by atoms with Crippen molar-refractivity contribution in [2.24, 2.45) is 5.92 Å². The normalized spacial score (nSPS) is 18.8. The van der Waals surface area contributed by atoms with Crippen LogP contribution in [0.15, 0.2) is 12.3 Å². The van der Waals surface area contributed by atoms with Gasteiger partial charge in [-0.1, -0.05) is 0 Å². The van der Waals surface area contributed by atoms with Crippen LogP contribution in [0.3, 0.4) is 0 Å². The number of rotatable bonds is 5. The van der Waals surface area contributed by atoms with E-state index in [0.717, 1.165) is 17.0 Å². The van der Waals surface area contributed by atoms with Gasteiger partial charge in [-0.15, -0.1) is 11.3 Å². The fourth-order valence-electron chi connectivity index (χ4n) is 3.99. The van der Waals surface area contributed by atoms with E-state index in [9.17, 15) is 9.59 Å². The van der Waals surface area contributed by atoms with Gasteiger partial charge in [-0.2, -0.15) is 0 Å². The number of ether oxygens (including phenoxy) is 2. The van der Waals surface area contributed by atoms with Crippen LogP contribution in [0.5, 0.6) is 0 Å². The second kappa shape index (κ2) is 10.2. The largest absolute Gasteiger partial charge is 0.444 e. The van der Waals surface area contributed by atoms with E-state index in [2.05, 4.69) is 20.3 Å². The minimum absolute atomic E-state index is 0.132. The number of aryl methyl sites for hydroxylation is 1. The van der Waals surface area contributed by atoms with Gasteiger partial charge in [0.25, 0.3) is 5.91 Å². The molecule has 2 aliphatic rings. The Morgan fingerprint density at radius 2 is 1.97 bits per heavy atom. The van der Waals surface area contributed by atoms with Crippen molar-refractivity contribution < 1.29 is 19.1 Å². The predicted octanol–water partition coefficient (Wildman–Crippen LogP) is 3.26. The third-order valence-corrected chi connectivity index (χ3v) is 6.40. The summed E-state index contributed by atoms with van der Waals surface area (Å²) in [5.74, 6) is 0.446. The molecule has 4 rings (SSSR count). The fourth-order valence-corrected chi connectivity index (χ4v) is 4.65. The van der Waals surface area contributed by atoms with Gasteiger partial charge in [0, 0.05) is 42.9 Å². The molecule has 0 radical (unpaired) electrons. The average Bonchev–Trinajstić information content (AvgIpc) is 3.41. The lowest BCUT2D eigenvalue weighted by atomic mass is 10.0. The van der Waals surface area contributed by atoms with Crippen LogP contribution in [-0.4, -0.2) is 81.7 Å². The predicted molar refractivity (Wildman–Crippen MR) is 129 cm³/mol. The summed E-state index contributed by atoms with van der Waals surface area (Å²) in [6.07, 6.45) is 2.98. The number of hydrogen-bond donors (Lipinski definition) is 1. The number of amides is 2. The Morgan fingerprint density at radius 3 is 2.65 bits per heavy atom. The smallest absolute Gasteiger partial charge is 0.410 e. The number of nitrogens with one attached hydrogen (secondary N) is 1. The number of aromatic nitrogens is 3. The van der Waals surface area contributed by atoms with Crippen molar-refractivity contribution >= 4 is 34.4 Å². The van der Waals surface area contributed by atoms with Gasteiger partial charge in [-0.25, -0.2) is 19.7 Å². The Labute approximate surface area is 203 Å². The number of carbonyl (C=O) groups is 2. The van der Waals surface area contributed by atoms with Crippen molar-refractivity contribution in [3.05, 3.63) is 28.5 Å². The maximum Gasteiger partial charge on any atom is 0.410 e. The van der Waals surface area contributed by atoms with Gasteiger partial charge in [0.2, 0.25) is 5.95 Å². The molecule has 2 fully saturated rings. The first-order valence-corrected chi connectivity index (χ1v) is 12.4. The second-order valence-corrected chi connectivity index (χ2v) is 10.9. The lowest BCUT2D eigenvalue weighted by Gasteiger charge is -2.26.